The SMILES string of the molecule is CN1Cc2ccc([N+](=O)[O-])cc2C(=O)c2cccnc21. The summed E-state index contributed by atoms with van der Waals surface area (Å²) in [5.41, 5.74) is 1.53. The van der Waals surface area contributed by atoms with E-state index in [4.69, 9.17) is 0 Å². The zero-order chi connectivity index (χ0) is 14.3. The van der Waals surface area contributed by atoms with Crippen LogP contribution in [0.15, 0.2) is 36.5 Å². The van der Waals surface area contributed by atoms with Gasteiger partial charge in [-0.05, 0) is 23.8 Å². The van der Waals surface area contributed by atoms with Crippen LogP contribution in [0.1, 0.15) is 21.5 Å². The predicted molar refractivity (Wildman–Crippen MR) is 72.9 cm³/mol. The van der Waals surface area contributed by atoms with Gasteiger partial charge < -0.3 is 4.90 Å². The average Bonchev–Trinajstić information content (AvgIpc) is 2.56. The number of benzene rings is 1. The van der Waals surface area contributed by atoms with Crippen LogP contribution in [0.4, 0.5) is 11.5 Å². The first kappa shape index (κ1) is 12.3. The molecular formula is C14H11N3O3. The Morgan fingerprint density at radius 1 is 1.30 bits per heavy atom. The summed E-state index contributed by atoms with van der Waals surface area (Å²) < 4.78 is 0. The fourth-order valence-corrected chi connectivity index (χ4v) is 2.38. The molecular weight excluding hydrogens is 258 g/mol. The molecule has 1 aromatic heterocycles. The monoisotopic (exact) mass is 269 g/mol. The lowest BCUT2D eigenvalue weighted by Gasteiger charge is -2.17. The first-order valence-electron chi connectivity index (χ1n) is 6.06. The van der Waals surface area contributed by atoms with Crippen LogP contribution in [-0.4, -0.2) is 22.7 Å². The highest BCUT2D eigenvalue weighted by Crippen LogP contribution is 2.29. The van der Waals surface area contributed by atoms with Gasteiger partial charge in [0, 0.05) is 37.5 Å². The minimum absolute atomic E-state index is 0.0768. The number of nitro groups is 1. The van der Waals surface area contributed by atoms with Crippen molar-refractivity contribution >= 4 is 17.3 Å². The topological polar surface area (TPSA) is 76.3 Å². The van der Waals surface area contributed by atoms with Crippen molar-refractivity contribution in [3.05, 3.63) is 63.3 Å². The third kappa shape index (κ3) is 1.82. The molecule has 1 aliphatic rings. The summed E-state index contributed by atoms with van der Waals surface area (Å²) in [5.74, 6) is 0.368. The molecule has 0 fully saturated rings. The van der Waals surface area contributed by atoms with Crippen molar-refractivity contribution in [1.29, 1.82) is 0 Å². The van der Waals surface area contributed by atoms with Gasteiger partial charge in [-0.3, -0.25) is 14.9 Å². The van der Waals surface area contributed by atoms with Crippen LogP contribution in [0.5, 0.6) is 0 Å². The highest BCUT2D eigenvalue weighted by atomic mass is 16.6. The summed E-state index contributed by atoms with van der Waals surface area (Å²) >= 11 is 0. The van der Waals surface area contributed by atoms with Crippen LogP contribution in [0.3, 0.4) is 0 Å². The van der Waals surface area contributed by atoms with Crippen LogP contribution in [-0.2, 0) is 6.54 Å². The summed E-state index contributed by atoms with van der Waals surface area (Å²) in [6.45, 7) is 0.489. The predicted octanol–water partition coefficient (Wildman–Crippen LogP) is 2.17. The van der Waals surface area contributed by atoms with Crippen molar-refractivity contribution in [3.63, 3.8) is 0 Å². The van der Waals surface area contributed by atoms with E-state index in [1.807, 2.05) is 11.9 Å². The Morgan fingerprint density at radius 3 is 2.85 bits per heavy atom. The first-order chi connectivity index (χ1) is 9.58. The Morgan fingerprint density at radius 2 is 2.10 bits per heavy atom. The van der Waals surface area contributed by atoms with E-state index >= 15 is 0 Å². The molecule has 20 heavy (non-hydrogen) atoms. The molecule has 0 saturated heterocycles. The highest BCUT2D eigenvalue weighted by Gasteiger charge is 2.26. The van der Waals surface area contributed by atoms with Crippen LogP contribution in [0.2, 0.25) is 0 Å². The van der Waals surface area contributed by atoms with Gasteiger partial charge in [-0.25, -0.2) is 4.98 Å². The van der Waals surface area contributed by atoms with Gasteiger partial charge >= 0.3 is 0 Å². The minimum Gasteiger partial charge on any atom is -0.355 e. The molecule has 0 radical (unpaired) electrons. The van der Waals surface area contributed by atoms with Gasteiger partial charge in [-0.2, -0.15) is 0 Å². The lowest BCUT2D eigenvalue weighted by atomic mass is 9.99. The van der Waals surface area contributed by atoms with E-state index in [-0.39, 0.29) is 11.5 Å². The average molecular weight is 269 g/mol. The van der Waals surface area contributed by atoms with Gasteiger partial charge in [0.1, 0.15) is 5.82 Å². The summed E-state index contributed by atoms with van der Waals surface area (Å²) in [5, 5.41) is 10.9. The first-order valence-corrected chi connectivity index (χ1v) is 6.06. The van der Waals surface area contributed by atoms with Gasteiger partial charge in [0.25, 0.3) is 5.69 Å². The van der Waals surface area contributed by atoms with Gasteiger partial charge in [-0.15, -0.1) is 0 Å². The van der Waals surface area contributed by atoms with Gasteiger partial charge in [0.2, 0.25) is 0 Å². The number of non-ortho nitro benzene ring substituents is 1. The number of hydrogen-bond donors (Lipinski definition) is 0. The van der Waals surface area contributed by atoms with E-state index in [1.54, 1.807) is 24.4 Å². The second-order valence-corrected chi connectivity index (χ2v) is 4.66. The van der Waals surface area contributed by atoms with Crippen molar-refractivity contribution in [2.24, 2.45) is 0 Å². The number of rotatable bonds is 1. The second-order valence-electron chi connectivity index (χ2n) is 4.66. The lowest BCUT2D eigenvalue weighted by molar-refractivity contribution is -0.384. The Labute approximate surface area is 114 Å². The van der Waals surface area contributed by atoms with Crippen molar-refractivity contribution < 1.29 is 9.72 Å². The van der Waals surface area contributed by atoms with Crippen molar-refractivity contribution in [2.75, 3.05) is 11.9 Å². The van der Waals surface area contributed by atoms with Crippen LogP contribution in [0, 0.1) is 10.1 Å². The van der Waals surface area contributed by atoms with E-state index in [1.165, 1.54) is 12.1 Å². The molecule has 0 N–H and O–H groups in total. The van der Waals surface area contributed by atoms with Crippen LogP contribution < -0.4 is 4.90 Å². The molecule has 1 aliphatic heterocycles. The Balaban J connectivity index is 2.22. The van der Waals surface area contributed by atoms with Gasteiger partial charge in [0.15, 0.2) is 5.78 Å². The molecule has 0 amide bonds. The summed E-state index contributed by atoms with van der Waals surface area (Å²) in [7, 11) is 1.84. The zero-order valence-electron chi connectivity index (χ0n) is 10.7. The van der Waals surface area contributed by atoms with E-state index < -0.39 is 4.92 Å². The second kappa shape index (κ2) is 4.41. The third-order valence-corrected chi connectivity index (χ3v) is 3.35. The van der Waals surface area contributed by atoms with E-state index in [0.717, 1.165) is 5.56 Å². The Bertz CT molecular complexity index is 727. The molecule has 100 valence electrons. The number of carbonyl (C=O) groups excluding carboxylic acids is 1. The van der Waals surface area contributed by atoms with Crippen molar-refractivity contribution in [1.82, 2.24) is 4.98 Å². The number of nitrogens with zero attached hydrogens (tertiary/aromatic N) is 3. The number of carbonyl (C=O) groups is 1. The van der Waals surface area contributed by atoms with E-state index in [9.17, 15) is 14.9 Å². The molecule has 2 heterocycles. The highest BCUT2D eigenvalue weighted by molar-refractivity contribution is 6.13. The summed E-state index contributed by atoms with van der Waals surface area (Å²) in [4.78, 5) is 29.0. The summed E-state index contributed by atoms with van der Waals surface area (Å²) in [6, 6.07) is 7.77. The zero-order valence-corrected chi connectivity index (χ0v) is 10.7. The van der Waals surface area contributed by atoms with Gasteiger partial charge in [-0.1, -0.05) is 0 Å². The number of hydrogen-bond acceptors (Lipinski definition) is 5. The van der Waals surface area contributed by atoms with Crippen LogP contribution in [0.25, 0.3) is 0 Å². The fourth-order valence-electron chi connectivity index (χ4n) is 2.38. The Hall–Kier alpha value is -2.76. The maximum absolute atomic E-state index is 12.6. The third-order valence-electron chi connectivity index (χ3n) is 3.35. The molecule has 0 atom stereocenters. The molecule has 0 unspecified atom stereocenters. The maximum Gasteiger partial charge on any atom is 0.270 e. The summed E-state index contributed by atoms with van der Waals surface area (Å²) in [6.07, 6.45) is 1.63. The standard InChI is InChI=1S/C14H11N3O3/c1-16-8-9-4-5-10(17(19)20)7-12(9)13(18)11-3-2-6-15-14(11)16/h2-7H,8H2,1H3. The lowest BCUT2D eigenvalue weighted by Crippen LogP contribution is -2.17. The van der Waals surface area contributed by atoms with E-state index in [0.29, 0.717) is 23.5 Å². The normalized spacial score (nSPS) is 13.4. The van der Waals surface area contributed by atoms with E-state index in [2.05, 4.69) is 4.98 Å². The molecule has 6 nitrogen and oxygen atoms in total. The molecule has 0 bridgehead atoms. The Kier molecular flexibility index (Phi) is 2.71. The van der Waals surface area contributed by atoms with Crippen molar-refractivity contribution in [3.8, 4) is 0 Å². The quantitative estimate of drug-likeness (QED) is 0.585. The molecule has 6 heteroatoms. The molecule has 0 aliphatic carbocycles. The van der Waals surface area contributed by atoms with Gasteiger partial charge in [0.05, 0.1) is 10.5 Å². The largest absolute Gasteiger partial charge is 0.355 e. The number of anilines is 1. The number of nitro benzene ring substituents is 1. The number of fused-ring (bicyclic) bond motifs is 2. The smallest absolute Gasteiger partial charge is 0.270 e. The molecule has 0 spiro atoms. The minimum atomic E-state index is -0.494. The molecule has 0 saturated carbocycles. The maximum atomic E-state index is 12.6. The molecule has 1 aromatic carbocycles. The molecule has 2 aromatic rings. The number of aromatic nitrogens is 1. The fraction of sp³-hybridized carbons (Fsp3) is 0.143. The molecule has 3 rings (SSSR count). The van der Waals surface area contributed by atoms with Crippen molar-refractivity contribution in [2.45, 2.75) is 6.54 Å². The number of ketones is 1. The van der Waals surface area contributed by atoms with Crippen LogP contribution >= 0.6 is 0 Å². The number of pyridine rings is 1.